The maximum Gasteiger partial charge on any atom is 0.0634 e. The normalized spacial score (nSPS) is 12.0. The highest BCUT2D eigenvalue weighted by molar-refractivity contribution is 4.68. The number of ether oxygens (including phenoxy) is 1. The molecule has 0 aromatic rings. The van der Waals surface area contributed by atoms with Crippen LogP contribution >= 0.6 is 0 Å². The van der Waals surface area contributed by atoms with Crippen LogP contribution in [0, 0.1) is 0 Å². The Kier molecular flexibility index (Phi) is 8.14. The quantitative estimate of drug-likeness (QED) is 0.554. The van der Waals surface area contributed by atoms with Crippen molar-refractivity contribution in [2.75, 3.05) is 33.3 Å². The fraction of sp³-hybridized carbons (Fsp3) is 1.00. The lowest BCUT2D eigenvalue weighted by Crippen LogP contribution is -2.32. The molecule has 0 atom stereocenters. The largest absolute Gasteiger partial charge is 0.379 e. The molecule has 14 heavy (non-hydrogen) atoms. The third-order valence-electron chi connectivity index (χ3n) is 2.36. The zero-order valence-electron chi connectivity index (χ0n) is 10.2. The van der Waals surface area contributed by atoms with Crippen molar-refractivity contribution in [1.82, 2.24) is 10.6 Å². The van der Waals surface area contributed by atoms with Gasteiger partial charge in [-0.2, -0.15) is 0 Å². The molecule has 0 rings (SSSR count). The second kappa shape index (κ2) is 8.21. The average Bonchev–Trinajstić information content (AvgIpc) is 2.16. The number of rotatable bonds is 9. The van der Waals surface area contributed by atoms with Gasteiger partial charge in [-0.1, -0.05) is 6.92 Å². The van der Waals surface area contributed by atoms with Crippen molar-refractivity contribution in [1.29, 1.82) is 0 Å². The van der Waals surface area contributed by atoms with Gasteiger partial charge in [-0.3, -0.25) is 0 Å². The van der Waals surface area contributed by atoms with E-state index < -0.39 is 0 Å². The fourth-order valence-electron chi connectivity index (χ4n) is 1.10. The van der Waals surface area contributed by atoms with Crippen LogP contribution in [-0.2, 0) is 4.74 Å². The summed E-state index contributed by atoms with van der Waals surface area (Å²) in [6, 6.07) is 0. The zero-order chi connectivity index (χ0) is 10.9. The van der Waals surface area contributed by atoms with Gasteiger partial charge < -0.3 is 15.4 Å². The topological polar surface area (TPSA) is 33.3 Å². The van der Waals surface area contributed by atoms with E-state index >= 15 is 0 Å². The van der Waals surface area contributed by atoms with Gasteiger partial charge in [0.25, 0.3) is 0 Å². The van der Waals surface area contributed by atoms with E-state index in [1.807, 2.05) is 0 Å². The van der Waals surface area contributed by atoms with Crippen LogP contribution in [-0.4, -0.2) is 38.9 Å². The lowest BCUT2D eigenvalue weighted by atomic mass is 10.1. The van der Waals surface area contributed by atoms with Crippen molar-refractivity contribution in [3.05, 3.63) is 0 Å². The summed E-state index contributed by atoms with van der Waals surface area (Å²) < 4.78 is 5.33. The van der Waals surface area contributed by atoms with Gasteiger partial charge in [-0.05, 0) is 39.8 Å². The molecule has 0 fully saturated rings. The van der Waals surface area contributed by atoms with Gasteiger partial charge in [0.05, 0.1) is 5.60 Å². The van der Waals surface area contributed by atoms with Gasteiger partial charge in [-0.15, -0.1) is 0 Å². The number of hydrogen-bond donors (Lipinski definition) is 2. The fourth-order valence-corrected chi connectivity index (χ4v) is 1.10. The highest BCUT2D eigenvalue weighted by Crippen LogP contribution is 2.10. The minimum absolute atomic E-state index is 0.00382. The van der Waals surface area contributed by atoms with Crippen molar-refractivity contribution in [3.8, 4) is 0 Å². The van der Waals surface area contributed by atoms with Crippen LogP contribution in [0.15, 0.2) is 0 Å². The monoisotopic (exact) mass is 202 g/mol. The van der Waals surface area contributed by atoms with Crippen LogP contribution in [0.1, 0.15) is 33.6 Å². The summed E-state index contributed by atoms with van der Waals surface area (Å²) in [4.78, 5) is 0. The molecule has 0 aliphatic rings. The van der Waals surface area contributed by atoms with Crippen molar-refractivity contribution in [2.24, 2.45) is 0 Å². The molecule has 2 N–H and O–H groups in total. The highest BCUT2D eigenvalue weighted by atomic mass is 16.5. The second-order valence-electron chi connectivity index (χ2n) is 4.21. The second-order valence-corrected chi connectivity index (χ2v) is 4.21. The first kappa shape index (κ1) is 13.9. The van der Waals surface area contributed by atoms with E-state index in [9.17, 15) is 0 Å². The minimum atomic E-state index is 0.00382. The molecule has 0 heterocycles. The van der Waals surface area contributed by atoms with Crippen LogP contribution in [0.25, 0.3) is 0 Å². The van der Waals surface area contributed by atoms with Gasteiger partial charge in [0, 0.05) is 20.2 Å². The zero-order valence-corrected chi connectivity index (χ0v) is 10.2. The highest BCUT2D eigenvalue weighted by Gasteiger charge is 2.14. The molecule has 86 valence electrons. The molecule has 0 aromatic heterocycles. The Bertz CT molecular complexity index is 126. The van der Waals surface area contributed by atoms with E-state index in [1.54, 1.807) is 7.11 Å². The Hall–Kier alpha value is -0.120. The molecular formula is C11H26N2O. The van der Waals surface area contributed by atoms with Gasteiger partial charge in [0.2, 0.25) is 0 Å². The molecule has 0 radical (unpaired) electrons. The van der Waals surface area contributed by atoms with Crippen molar-refractivity contribution < 1.29 is 4.74 Å². The van der Waals surface area contributed by atoms with Crippen molar-refractivity contribution >= 4 is 0 Å². The molecule has 0 saturated carbocycles. The maximum atomic E-state index is 5.33. The SMILES string of the molecule is CCCNCCNCCC(C)(C)OC. The Labute approximate surface area is 88.6 Å². The van der Waals surface area contributed by atoms with Crippen LogP contribution in [0.5, 0.6) is 0 Å². The molecule has 0 bridgehead atoms. The van der Waals surface area contributed by atoms with Crippen LogP contribution < -0.4 is 10.6 Å². The predicted octanol–water partition coefficient (Wildman–Crippen LogP) is 1.39. The smallest absolute Gasteiger partial charge is 0.0634 e. The summed E-state index contributed by atoms with van der Waals surface area (Å²) in [6.45, 7) is 10.6. The number of nitrogens with one attached hydrogen (secondary N) is 2. The maximum absolute atomic E-state index is 5.33. The molecule has 3 heteroatoms. The van der Waals surface area contributed by atoms with E-state index in [0.29, 0.717) is 0 Å². The molecule has 0 aliphatic carbocycles. The molecular weight excluding hydrogens is 176 g/mol. The Morgan fingerprint density at radius 2 is 1.57 bits per heavy atom. The molecule has 0 aliphatic heterocycles. The molecule has 3 nitrogen and oxygen atoms in total. The summed E-state index contributed by atoms with van der Waals surface area (Å²) in [5.74, 6) is 0. The van der Waals surface area contributed by atoms with E-state index in [2.05, 4.69) is 31.4 Å². The van der Waals surface area contributed by atoms with Crippen LogP contribution in [0.2, 0.25) is 0 Å². The molecule has 0 unspecified atom stereocenters. The van der Waals surface area contributed by atoms with Gasteiger partial charge >= 0.3 is 0 Å². The van der Waals surface area contributed by atoms with Gasteiger partial charge in [0.15, 0.2) is 0 Å². The molecule has 0 aromatic carbocycles. The van der Waals surface area contributed by atoms with Gasteiger partial charge in [0.1, 0.15) is 0 Å². The predicted molar refractivity (Wildman–Crippen MR) is 61.7 cm³/mol. The van der Waals surface area contributed by atoms with E-state index in [4.69, 9.17) is 4.74 Å². The summed E-state index contributed by atoms with van der Waals surface area (Å²) >= 11 is 0. The summed E-state index contributed by atoms with van der Waals surface area (Å²) in [5.41, 5.74) is 0.00382. The van der Waals surface area contributed by atoms with E-state index in [-0.39, 0.29) is 5.60 Å². The summed E-state index contributed by atoms with van der Waals surface area (Å²) in [6.07, 6.45) is 2.26. The molecule has 0 spiro atoms. The van der Waals surface area contributed by atoms with Crippen molar-refractivity contribution in [3.63, 3.8) is 0 Å². The third kappa shape index (κ3) is 8.48. The Balaban J connectivity index is 3.13. The van der Waals surface area contributed by atoms with E-state index in [0.717, 1.165) is 32.6 Å². The van der Waals surface area contributed by atoms with E-state index in [1.165, 1.54) is 6.42 Å². The third-order valence-corrected chi connectivity index (χ3v) is 2.36. The first-order chi connectivity index (χ1) is 6.62. The standard InChI is InChI=1S/C11H26N2O/c1-5-7-12-9-10-13-8-6-11(2,3)14-4/h12-13H,5-10H2,1-4H3. The molecule has 0 saturated heterocycles. The summed E-state index contributed by atoms with van der Waals surface area (Å²) in [7, 11) is 1.77. The lowest BCUT2D eigenvalue weighted by Gasteiger charge is -2.22. The number of methoxy groups -OCH3 is 1. The number of hydrogen-bond acceptors (Lipinski definition) is 3. The van der Waals surface area contributed by atoms with Crippen LogP contribution in [0.4, 0.5) is 0 Å². The Morgan fingerprint density at radius 3 is 2.07 bits per heavy atom. The first-order valence-corrected chi connectivity index (χ1v) is 5.59. The van der Waals surface area contributed by atoms with Crippen molar-refractivity contribution in [2.45, 2.75) is 39.2 Å². The average molecular weight is 202 g/mol. The van der Waals surface area contributed by atoms with Gasteiger partial charge in [-0.25, -0.2) is 0 Å². The minimum Gasteiger partial charge on any atom is -0.379 e. The Morgan fingerprint density at radius 1 is 1.00 bits per heavy atom. The summed E-state index contributed by atoms with van der Waals surface area (Å²) in [5, 5.41) is 6.75. The first-order valence-electron chi connectivity index (χ1n) is 5.59. The molecule has 0 amide bonds. The lowest BCUT2D eigenvalue weighted by molar-refractivity contribution is 0.0159. The van der Waals surface area contributed by atoms with Crippen LogP contribution in [0.3, 0.4) is 0 Å².